The van der Waals surface area contributed by atoms with Gasteiger partial charge in [-0.3, -0.25) is 4.79 Å². The van der Waals surface area contributed by atoms with Crippen molar-refractivity contribution < 1.29 is 19.1 Å². The van der Waals surface area contributed by atoms with E-state index in [1.54, 1.807) is 62.4 Å². The number of hydrogen-bond donors (Lipinski definition) is 1. The monoisotopic (exact) mass is 352 g/mol. The first-order chi connectivity index (χ1) is 12.5. The first kappa shape index (κ1) is 19.0. The largest absolute Gasteiger partial charge is 0.484 e. The summed E-state index contributed by atoms with van der Waals surface area (Å²) < 4.78 is 10.5. The van der Waals surface area contributed by atoms with Gasteiger partial charge in [0.15, 0.2) is 6.61 Å². The third-order valence-corrected chi connectivity index (χ3v) is 3.32. The summed E-state index contributed by atoms with van der Waals surface area (Å²) in [6, 6.07) is 15.5. The molecule has 0 heterocycles. The van der Waals surface area contributed by atoms with Crippen LogP contribution in [0.4, 0.5) is 5.69 Å². The molecule has 0 radical (unpaired) electrons. The molecule has 0 aliphatic rings. The minimum Gasteiger partial charge on any atom is -0.484 e. The van der Waals surface area contributed by atoms with Gasteiger partial charge in [-0.2, -0.15) is 5.26 Å². The van der Waals surface area contributed by atoms with E-state index in [0.717, 1.165) is 5.56 Å². The lowest BCUT2D eigenvalue weighted by Gasteiger charge is -2.10. The molecule has 1 amide bonds. The van der Waals surface area contributed by atoms with Crippen LogP contribution in [0.3, 0.4) is 0 Å². The lowest BCUT2D eigenvalue weighted by Crippen LogP contribution is -2.20. The van der Waals surface area contributed by atoms with E-state index in [0.29, 0.717) is 23.4 Å². The van der Waals surface area contributed by atoms with Crippen LogP contribution in [-0.4, -0.2) is 24.6 Å². The Morgan fingerprint density at radius 1 is 1.08 bits per heavy atom. The van der Waals surface area contributed by atoms with Gasteiger partial charge in [0, 0.05) is 5.69 Å². The minimum absolute atomic E-state index is 0.157. The number of nitriles is 1. The Balaban J connectivity index is 1.83. The second-order valence-corrected chi connectivity index (χ2v) is 5.85. The molecule has 6 nitrogen and oxygen atoms in total. The smallest absolute Gasteiger partial charge is 0.338 e. The van der Waals surface area contributed by atoms with E-state index in [2.05, 4.69) is 11.4 Å². The molecule has 0 saturated heterocycles. The molecule has 2 rings (SSSR count). The molecule has 134 valence electrons. The molecule has 0 spiro atoms. The number of rotatable bonds is 7. The van der Waals surface area contributed by atoms with Crippen molar-refractivity contribution in [3.63, 3.8) is 0 Å². The molecule has 1 N–H and O–H groups in total. The van der Waals surface area contributed by atoms with Gasteiger partial charge in [-0.05, 0) is 55.8 Å². The molecule has 0 aliphatic heterocycles. The minimum atomic E-state index is -0.399. The lowest BCUT2D eigenvalue weighted by molar-refractivity contribution is -0.118. The van der Waals surface area contributed by atoms with Crippen LogP contribution in [0.1, 0.15) is 29.8 Å². The highest BCUT2D eigenvalue weighted by Crippen LogP contribution is 2.14. The fourth-order valence-corrected chi connectivity index (χ4v) is 2.11. The molecule has 0 atom stereocenters. The molecule has 0 aliphatic carbocycles. The second kappa shape index (κ2) is 9.23. The number of ether oxygens (including phenoxy) is 2. The number of nitrogens with one attached hydrogen (secondary N) is 1. The zero-order valence-electron chi connectivity index (χ0n) is 14.7. The van der Waals surface area contributed by atoms with Crippen molar-refractivity contribution >= 4 is 17.6 Å². The molecular formula is C20H20N2O4. The van der Waals surface area contributed by atoms with Crippen LogP contribution < -0.4 is 10.1 Å². The van der Waals surface area contributed by atoms with Gasteiger partial charge in [0.25, 0.3) is 5.91 Å². The van der Waals surface area contributed by atoms with E-state index in [-0.39, 0.29) is 18.6 Å². The van der Waals surface area contributed by atoms with Crippen molar-refractivity contribution in [2.45, 2.75) is 26.4 Å². The molecule has 0 aromatic heterocycles. The van der Waals surface area contributed by atoms with Crippen molar-refractivity contribution in [2.24, 2.45) is 0 Å². The highest BCUT2D eigenvalue weighted by Gasteiger charge is 2.09. The van der Waals surface area contributed by atoms with Crippen LogP contribution in [-0.2, 0) is 16.0 Å². The maximum Gasteiger partial charge on any atom is 0.338 e. The van der Waals surface area contributed by atoms with Crippen LogP contribution in [0.5, 0.6) is 5.75 Å². The fourth-order valence-electron chi connectivity index (χ4n) is 2.11. The standard InChI is InChI=1S/C20H20N2O4/c1-14(2)26-20(24)16-5-9-18(10-6-16)25-13-19(23)22-17-7-3-15(4-8-17)11-12-21/h3-10,14H,11,13H2,1-2H3,(H,22,23). The maximum absolute atomic E-state index is 11.9. The van der Waals surface area contributed by atoms with E-state index in [4.69, 9.17) is 14.7 Å². The molecule has 6 heteroatoms. The molecule has 0 unspecified atom stereocenters. The van der Waals surface area contributed by atoms with Crippen molar-refractivity contribution in [3.05, 3.63) is 59.7 Å². The van der Waals surface area contributed by atoms with Gasteiger partial charge in [-0.15, -0.1) is 0 Å². The summed E-state index contributed by atoms with van der Waals surface area (Å²) in [5, 5.41) is 11.3. The fraction of sp³-hybridized carbons (Fsp3) is 0.250. The average molecular weight is 352 g/mol. The predicted molar refractivity (Wildman–Crippen MR) is 96.9 cm³/mol. The maximum atomic E-state index is 11.9. The summed E-state index contributed by atoms with van der Waals surface area (Å²) in [6.45, 7) is 3.41. The summed E-state index contributed by atoms with van der Waals surface area (Å²) in [7, 11) is 0. The Morgan fingerprint density at radius 3 is 2.31 bits per heavy atom. The van der Waals surface area contributed by atoms with E-state index < -0.39 is 5.97 Å². The number of esters is 1. The number of benzene rings is 2. The number of carbonyl (C=O) groups is 2. The first-order valence-electron chi connectivity index (χ1n) is 8.17. The van der Waals surface area contributed by atoms with Crippen molar-refractivity contribution in [1.29, 1.82) is 5.26 Å². The van der Waals surface area contributed by atoms with Crippen LogP contribution in [0.25, 0.3) is 0 Å². The molecular weight excluding hydrogens is 332 g/mol. The SMILES string of the molecule is CC(C)OC(=O)c1ccc(OCC(=O)Nc2ccc(CC#N)cc2)cc1. The number of hydrogen-bond acceptors (Lipinski definition) is 5. The number of nitrogens with zero attached hydrogens (tertiary/aromatic N) is 1. The summed E-state index contributed by atoms with van der Waals surface area (Å²) in [5.41, 5.74) is 1.94. The predicted octanol–water partition coefficient (Wildman–Crippen LogP) is 3.34. The van der Waals surface area contributed by atoms with Crippen LogP contribution in [0.15, 0.2) is 48.5 Å². The summed E-state index contributed by atoms with van der Waals surface area (Å²) >= 11 is 0. The van der Waals surface area contributed by atoms with E-state index in [1.807, 2.05) is 0 Å². The van der Waals surface area contributed by atoms with Crippen LogP contribution in [0, 0.1) is 11.3 Å². The second-order valence-electron chi connectivity index (χ2n) is 5.85. The van der Waals surface area contributed by atoms with E-state index >= 15 is 0 Å². The third-order valence-electron chi connectivity index (χ3n) is 3.32. The molecule has 2 aromatic carbocycles. The average Bonchev–Trinajstić information content (AvgIpc) is 2.62. The lowest BCUT2D eigenvalue weighted by atomic mass is 10.1. The normalized spacial score (nSPS) is 10.1. The van der Waals surface area contributed by atoms with Crippen molar-refractivity contribution in [1.82, 2.24) is 0 Å². The van der Waals surface area contributed by atoms with Gasteiger partial charge in [0.2, 0.25) is 0 Å². The Kier molecular flexibility index (Phi) is 6.75. The molecule has 2 aromatic rings. The highest BCUT2D eigenvalue weighted by molar-refractivity contribution is 5.92. The summed E-state index contributed by atoms with van der Waals surface area (Å²) in [6.07, 6.45) is 0.147. The number of amides is 1. The Morgan fingerprint density at radius 2 is 1.73 bits per heavy atom. The topological polar surface area (TPSA) is 88.4 Å². The zero-order chi connectivity index (χ0) is 18.9. The number of carbonyl (C=O) groups excluding carboxylic acids is 2. The van der Waals surface area contributed by atoms with Crippen LogP contribution >= 0.6 is 0 Å². The van der Waals surface area contributed by atoms with Crippen molar-refractivity contribution in [2.75, 3.05) is 11.9 Å². The van der Waals surface area contributed by atoms with Crippen LogP contribution in [0.2, 0.25) is 0 Å². The van der Waals surface area contributed by atoms with Crippen molar-refractivity contribution in [3.8, 4) is 11.8 Å². The van der Waals surface area contributed by atoms with Gasteiger partial charge >= 0.3 is 5.97 Å². The van der Waals surface area contributed by atoms with E-state index in [9.17, 15) is 9.59 Å². The molecule has 0 saturated carbocycles. The van der Waals surface area contributed by atoms with Gasteiger partial charge in [-0.25, -0.2) is 4.79 Å². The van der Waals surface area contributed by atoms with Gasteiger partial charge in [0.05, 0.1) is 24.2 Å². The number of anilines is 1. The Labute approximate surface area is 152 Å². The Hall–Kier alpha value is -3.33. The first-order valence-corrected chi connectivity index (χ1v) is 8.17. The molecule has 0 fully saturated rings. The molecule has 0 bridgehead atoms. The summed E-state index contributed by atoms with van der Waals surface area (Å²) in [4.78, 5) is 23.7. The third kappa shape index (κ3) is 5.95. The zero-order valence-corrected chi connectivity index (χ0v) is 14.7. The summed E-state index contributed by atoms with van der Waals surface area (Å²) in [5.74, 6) is -0.226. The quantitative estimate of drug-likeness (QED) is 0.772. The van der Waals surface area contributed by atoms with Gasteiger partial charge in [-0.1, -0.05) is 12.1 Å². The Bertz CT molecular complexity index is 790. The molecule has 26 heavy (non-hydrogen) atoms. The van der Waals surface area contributed by atoms with E-state index in [1.165, 1.54) is 0 Å². The van der Waals surface area contributed by atoms with Gasteiger partial charge < -0.3 is 14.8 Å². The highest BCUT2D eigenvalue weighted by atomic mass is 16.5. The van der Waals surface area contributed by atoms with Gasteiger partial charge in [0.1, 0.15) is 5.75 Å².